The Balaban J connectivity index is 2.99. The third-order valence-corrected chi connectivity index (χ3v) is 3.88. The molecule has 0 fully saturated rings. The van der Waals surface area contributed by atoms with E-state index in [1.165, 1.54) is 12.3 Å². The molecule has 112 valence electrons. The molecule has 1 N–H and O–H groups in total. The number of rotatable bonds is 7. The summed E-state index contributed by atoms with van der Waals surface area (Å²) in [4.78, 5) is 17.9. The van der Waals surface area contributed by atoms with E-state index in [-0.39, 0.29) is 23.3 Å². The highest BCUT2D eigenvalue weighted by Crippen LogP contribution is 2.18. The van der Waals surface area contributed by atoms with Crippen LogP contribution in [0.25, 0.3) is 0 Å². The summed E-state index contributed by atoms with van der Waals surface area (Å²) in [5.74, 6) is 0.0886. The molecule has 0 spiro atoms. The van der Waals surface area contributed by atoms with E-state index in [2.05, 4.69) is 10.3 Å². The standard InChI is InChI=1S/C14H22FN3OS/c1-5-10(9-20-4)18(3)14(19)11-7-8-17-13(12(11)15)16-6-2/h7-8,10H,5-6,9H2,1-4H3,(H,16,17). The second kappa shape index (κ2) is 8.09. The number of nitrogens with zero attached hydrogens (tertiary/aromatic N) is 2. The summed E-state index contributed by atoms with van der Waals surface area (Å²) in [5.41, 5.74) is 0.0676. The highest BCUT2D eigenvalue weighted by Gasteiger charge is 2.23. The van der Waals surface area contributed by atoms with Crippen molar-refractivity contribution in [1.82, 2.24) is 9.88 Å². The average molecular weight is 299 g/mol. The molecule has 0 saturated carbocycles. The lowest BCUT2D eigenvalue weighted by Gasteiger charge is -2.27. The summed E-state index contributed by atoms with van der Waals surface area (Å²) in [6.07, 6.45) is 4.30. The van der Waals surface area contributed by atoms with Gasteiger partial charge in [-0.3, -0.25) is 4.79 Å². The lowest BCUT2D eigenvalue weighted by Crippen LogP contribution is -2.38. The van der Waals surface area contributed by atoms with Crippen LogP contribution >= 0.6 is 11.8 Å². The van der Waals surface area contributed by atoms with Gasteiger partial charge in [0, 0.05) is 31.6 Å². The zero-order valence-electron chi connectivity index (χ0n) is 12.4. The van der Waals surface area contributed by atoms with E-state index in [9.17, 15) is 9.18 Å². The van der Waals surface area contributed by atoms with Crippen molar-refractivity contribution in [3.05, 3.63) is 23.6 Å². The van der Waals surface area contributed by atoms with Gasteiger partial charge in [0.15, 0.2) is 11.6 Å². The molecule has 0 saturated heterocycles. The zero-order chi connectivity index (χ0) is 15.1. The topological polar surface area (TPSA) is 45.2 Å². The van der Waals surface area contributed by atoms with Crippen molar-refractivity contribution in [2.75, 3.05) is 30.9 Å². The molecule has 1 aromatic rings. The lowest BCUT2D eigenvalue weighted by molar-refractivity contribution is 0.0739. The molecule has 1 atom stereocenters. The van der Waals surface area contributed by atoms with Crippen LogP contribution in [0.5, 0.6) is 0 Å². The number of hydrogen-bond acceptors (Lipinski definition) is 4. The molecule has 1 heterocycles. The number of amides is 1. The van der Waals surface area contributed by atoms with Crippen LogP contribution in [0.1, 0.15) is 30.6 Å². The number of hydrogen-bond donors (Lipinski definition) is 1. The molecule has 1 aromatic heterocycles. The molecule has 0 aliphatic rings. The fourth-order valence-corrected chi connectivity index (χ4v) is 2.80. The van der Waals surface area contributed by atoms with E-state index in [4.69, 9.17) is 0 Å². The number of nitrogens with one attached hydrogen (secondary N) is 1. The first-order chi connectivity index (χ1) is 9.56. The molecule has 6 heteroatoms. The first kappa shape index (κ1) is 16.8. The summed E-state index contributed by atoms with van der Waals surface area (Å²) < 4.78 is 14.2. The van der Waals surface area contributed by atoms with E-state index in [0.29, 0.717) is 6.54 Å². The summed E-state index contributed by atoms with van der Waals surface area (Å²) in [6.45, 7) is 4.44. The highest BCUT2D eigenvalue weighted by atomic mass is 32.2. The van der Waals surface area contributed by atoms with Gasteiger partial charge in [-0.2, -0.15) is 11.8 Å². The Bertz CT molecular complexity index is 456. The van der Waals surface area contributed by atoms with Crippen LogP contribution in [0.4, 0.5) is 10.2 Å². The van der Waals surface area contributed by atoms with Crippen LogP contribution in [-0.2, 0) is 0 Å². The summed E-state index contributed by atoms with van der Waals surface area (Å²) in [6, 6.07) is 1.54. The second-order valence-electron chi connectivity index (χ2n) is 4.48. The molecular weight excluding hydrogens is 277 g/mol. The van der Waals surface area contributed by atoms with E-state index >= 15 is 0 Å². The maximum Gasteiger partial charge on any atom is 0.257 e. The average Bonchev–Trinajstić information content (AvgIpc) is 2.45. The second-order valence-corrected chi connectivity index (χ2v) is 5.40. The van der Waals surface area contributed by atoms with Gasteiger partial charge in [0.25, 0.3) is 5.91 Å². The first-order valence-corrected chi connectivity index (χ1v) is 8.10. The number of anilines is 1. The Kier molecular flexibility index (Phi) is 6.78. The first-order valence-electron chi connectivity index (χ1n) is 6.71. The number of aromatic nitrogens is 1. The van der Waals surface area contributed by atoms with Crippen molar-refractivity contribution in [1.29, 1.82) is 0 Å². The lowest BCUT2D eigenvalue weighted by atomic mass is 10.1. The minimum atomic E-state index is -0.579. The third kappa shape index (κ3) is 3.85. The van der Waals surface area contributed by atoms with Crippen molar-refractivity contribution in [2.45, 2.75) is 26.3 Å². The minimum absolute atomic E-state index is 0.0676. The van der Waals surface area contributed by atoms with Gasteiger partial charge in [-0.25, -0.2) is 9.37 Å². The molecule has 1 rings (SSSR count). The van der Waals surface area contributed by atoms with Crippen LogP contribution < -0.4 is 5.32 Å². The summed E-state index contributed by atoms with van der Waals surface area (Å²) >= 11 is 1.68. The van der Waals surface area contributed by atoms with Crippen LogP contribution in [0.2, 0.25) is 0 Å². The van der Waals surface area contributed by atoms with Crippen molar-refractivity contribution in [3.63, 3.8) is 0 Å². The zero-order valence-corrected chi connectivity index (χ0v) is 13.3. The van der Waals surface area contributed by atoms with Crippen molar-refractivity contribution in [3.8, 4) is 0 Å². The molecule has 0 bridgehead atoms. The number of carbonyl (C=O) groups is 1. The quantitative estimate of drug-likeness (QED) is 0.841. The summed E-state index contributed by atoms with van der Waals surface area (Å²) in [7, 11) is 1.72. The van der Waals surface area contributed by atoms with Gasteiger partial charge < -0.3 is 10.2 Å². The van der Waals surface area contributed by atoms with E-state index < -0.39 is 5.82 Å². The highest BCUT2D eigenvalue weighted by molar-refractivity contribution is 7.98. The third-order valence-electron chi connectivity index (χ3n) is 3.16. The van der Waals surface area contributed by atoms with Gasteiger partial charge in [-0.15, -0.1) is 0 Å². The van der Waals surface area contributed by atoms with Gasteiger partial charge in [-0.05, 0) is 25.7 Å². The van der Waals surface area contributed by atoms with E-state index in [0.717, 1.165) is 12.2 Å². The van der Waals surface area contributed by atoms with Crippen molar-refractivity contribution in [2.24, 2.45) is 0 Å². The Labute approximate surface area is 124 Å². The monoisotopic (exact) mass is 299 g/mol. The molecule has 0 aromatic carbocycles. The molecule has 4 nitrogen and oxygen atoms in total. The maximum atomic E-state index is 14.2. The van der Waals surface area contributed by atoms with Crippen LogP contribution in [0.15, 0.2) is 12.3 Å². The Hall–Kier alpha value is -1.30. The van der Waals surface area contributed by atoms with E-state index in [1.807, 2.05) is 20.1 Å². The Morgan fingerprint density at radius 3 is 2.80 bits per heavy atom. The molecule has 1 amide bonds. The number of carbonyl (C=O) groups excluding carboxylic acids is 1. The Morgan fingerprint density at radius 1 is 1.55 bits per heavy atom. The van der Waals surface area contributed by atoms with Crippen LogP contribution in [0, 0.1) is 5.82 Å². The molecule has 20 heavy (non-hydrogen) atoms. The molecule has 1 unspecified atom stereocenters. The predicted molar refractivity (Wildman–Crippen MR) is 82.9 cm³/mol. The minimum Gasteiger partial charge on any atom is -0.368 e. The number of halogens is 1. The smallest absolute Gasteiger partial charge is 0.257 e. The fraction of sp³-hybridized carbons (Fsp3) is 0.571. The molecular formula is C14H22FN3OS. The number of pyridine rings is 1. The van der Waals surface area contributed by atoms with Crippen molar-refractivity contribution < 1.29 is 9.18 Å². The maximum absolute atomic E-state index is 14.2. The number of thioether (sulfide) groups is 1. The van der Waals surface area contributed by atoms with Crippen LogP contribution in [-0.4, -0.2) is 47.4 Å². The van der Waals surface area contributed by atoms with Gasteiger partial charge >= 0.3 is 0 Å². The Morgan fingerprint density at radius 2 is 2.25 bits per heavy atom. The predicted octanol–water partition coefficient (Wildman–Crippen LogP) is 2.87. The molecule has 0 aliphatic heterocycles. The van der Waals surface area contributed by atoms with Crippen molar-refractivity contribution >= 4 is 23.5 Å². The molecule has 0 radical (unpaired) electrons. The fourth-order valence-electron chi connectivity index (χ4n) is 1.95. The normalized spacial score (nSPS) is 12.1. The SMILES string of the molecule is CCNc1nccc(C(=O)N(C)C(CC)CSC)c1F. The molecule has 0 aliphatic carbocycles. The van der Waals surface area contributed by atoms with Gasteiger partial charge in [0.05, 0.1) is 5.56 Å². The van der Waals surface area contributed by atoms with Crippen LogP contribution in [0.3, 0.4) is 0 Å². The largest absolute Gasteiger partial charge is 0.368 e. The van der Waals surface area contributed by atoms with Gasteiger partial charge in [0.2, 0.25) is 0 Å². The van der Waals surface area contributed by atoms with E-state index in [1.54, 1.807) is 23.7 Å². The summed E-state index contributed by atoms with van der Waals surface area (Å²) in [5, 5.41) is 2.82. The van der Waals surface area contributed by atoms with Gasteiger partial charge in [0.1, 0.15) is 0 Å². The van der Waals surface area contributed by atoms with Gasteiger partial charge in [-0.1, -0.05) is 6.92 Å².